The fourth-order valence-corrected chi connectivity index (χ4v) is 15.4. The van der Waals surface area contributed by atoms with Crippen molar-refractivity contribution in [2.45, 2.75) is 17.3 Å². The second-order valence-electron chi connectivity index (χ2n) is 16.3. The molecule has 12 aromatic rings. The lowest BCUT2D eigenvalue weighted by Crippen LogP contribution is -2.55. The van der Waals surface area contributed by atoms with Gasteiger partial charge in [0, 0.05) is 22.3 Å². The SMILES string of the molecule is N#CC1=CC2CC1C13C4=c5ccc6c7ccc8c9ccc%10c%11ccc%12c%13c(c%14c%15c1c5c6c1c7c8c5c9c%10c(c%13%11)c%14c5c%151)C23C=%12C=C4. The Labute approximate surface area is 263 Å². The molecule has 2 spiro atoms. The van der Waals surface area contributed by atoms with Gasteiger partial charge in [-0.1, -0.05) is 66.8 Å². The zero-order chi connectivity index (χ0) is 29.1. The molecule has 2 bridgehead atoms. The molecule has 4 atom stereocenters. The predicted octanol–water partition coefficient (Wildman–Crippen LogP) is 9.36. The highest BCUT2D eigenvalue weighted by molar-refractivity contribution is 6.64. The summed E-state index contributed by atoms with van der Waals surface area (Å²) in [5.41, 5.74) is 6.94. The predicted molar refractivity (Wildman–Crippen MR) is 192 cm³/mol. The molecule has 0 saturated heterocycles. The number of benzene rings is 8. The molecule has 6 aliphatic carbocycles. The van der Waals surface area contributed by atoms with Crippen molar-refractivity contribution in [3.05, 3.63) is 93.9 Å². The van der Waals surface area contributed by atoms with Gasteiger partial charge in [0.15, 0.2) is 0 Å². The Hall–Kier alpha value is -5.71. The molecule has 204 valence electrons. The Kier molecular flexibility index (Phi) is 2.07. The third-order valence-electron chi connectivity index (χ3n) is 15.9. The largest absolute Gasteiger partial charge is 0.193 e. The number of rotatable bonds is 0. The van der Waals surface area contributed by atoms with Crippen molar-refractivity contribution in [3.8, 4) is 6.07 Å². The van der Waals surface area contributed by atoms with Crippen LogP contribution in [0.15, 0.2) is 72.3 Å². The monoisotopic (exact) mass is 581 g/mol. The van der Waals surface area contributed by atoms with E-state index in [1.807, 2.05) is 0 Å². The highest BCUT2D eigenvalue weighted by Crippen LogP contribution is 2.81. The first-order chi connectivity index (χ1) is 23.3. The maximum atomic E-state index is 10.8. The number of fused-ring (bicyclic) bond motifs is 5. The first-order valence-corrected chi connectivity index (χ1v) is 17.3. The van der Waals surface area contributed by atoms with Crippen LogP contribution in [0.3, 0.4) is 0 Å². The van der Waals surface area contributed by atoms with Crippen molar-refractivity contribution >= 4 is 130 Å². The van der Waals surface area contributed by atoms with E-state index in [1.54, 1.807) is 48.8 Å². The summed E-state index contributed by atoms with van der Waals surface area (Å²) in [7, 11) is 0. The lowest BCUT2D eigenvalue weighted by molar-refractivity contribution is 0.332. The Morgan fingerprint density at radius 1 is 0.468 bits per heavy atom. The van der Waals surface area contributed by atoms with Crippen LogP contribution in [-0.2, 0) is 10.8 Å². The quantitative estimate of drug-likeness (QED) is 0.164. The lowest BCUT2D eigenvalue weighted by Gasteiger charge is -2.56. The molecular weight excluding hydrogens is 567 g/mol. The third-order valence-corrected chi connectivity index (χ3v) is 15.9. The van der Waals surface area contributed by atoms with Gasteiger partial charge in [-0.2, -0.15) is 5.26 Å². The van der Waals surface area contributed by atoms with E-state index in [0.717, 1.165) is 12.0 Å². The smallest absolute Gasteiger partial charge is 0.0947 e. The van der Waals surface area contributed by atoms with Crippen molar-refractivity contribution < 1.29 is 0 Å². The van der Waals surface area contributed by atoms with Gasteiger partial charge in [0.05, 0.1) is 6.07 Å². The van der Waals surface area contributed by atoms with Crippen molar-refractivity contribution in [1.29, 1.82) is 5.26 Å². The van der Waals surface area contributed by atoms with Crippen molar-refractivity contribution in [2.75, 3.05) is 0 Å². The average Bonchev–Trinajstić information content (AvgIpc) is 3.95. The topological polar surface area (TPSA) is 23.8 Å². The third kappa shape index (κ3) is 1.24. The summed E-state index contributed by atoms with van der Waals surface area (Å²) in [5.74, 6) is 0.535. The minimum atomic E-state index is -0.233. The van der Waals surface area contributed by atoms with Gasteiger partial charge >= 0.3 is 0 Å². The van der Waals surface area contributed by atoms with Gasteiger partial charge in [-0.05, 0) is 164 Å². The van der Waals surface area contributed by atoms with Crippen LogP contribution in [0.2, 0.25) is 0 Å². The molecule has 0 amide bonds. The molecule has 1 heteroatoms. The van der Waals surface area contributed by atoms with Crippen LogP contribution in [0.4, 0.5) is 0 Å². The molecule has 0 aromatic heterocycles. The fraction of sp³-hybridized carbons (Fsp3) is 0.109. The van der Waals surface area contributed by atoms with Crippen LogP contribution < -0.4 is 10.4 Å². The van der Waals surface area contributed by atoms with Crippen LogP contribution >= 0.6 is 0 Å². The minimum Gasteiger partial charge on any atom is -0.193 e. The van der Waals surface area contributed by atoms with Crippen LogP contribution in [0.25, 0.3) is 130 Å². The van der Waals surface area contributed by atoms with E-state index in [-0.39, 0.29) is 16.7 Å². The molecular formula is C46H15N. The van der Waals surface area contributed by atoms with Crippen LogP contribution in [0, 0.1) is 23.2 Å². The molecule has 0 aliphatic heterocycles. The van der Waals surface area contributed by atoms with Crippen LogP contribution in [0.5, 0.6) is 0 Å². The van der Waals surface area contributed by atoms with Crippen LogP contribution in [0.1, 0.15) is 17.5 Å². The number of nitrogens with zero attached hydrogens (tertiary/aromatic N) is 1. The molecule has 0 N–H and O–H groups in total. The Morgan fingerprint density at radius 2 is 0.872 bits per heavy atom. The standard InChI is InChI=1S/C46H15N/c47-13-14-11-15-12-26(14)46-25-10-9-24-22-7-5-20-18-3-1-16-17-2-4-19-21-6-8-23(25)34-32(21)37-30(19)28(17)35-27(16)29(18)36-31(20)33(22)43(45(15,24)46)41-39(36)38(35)40(37)42(41)44(34)46/h1-11,15,26H,12H2. The molecule has 12 aromatic carbocycles. The molecule has 0 heterocycles. The number of hydrogen-bond donors (Lipinski definition) is 0. The summed E-state index contributed by atoms with van der Waals surface area (Å²) in [5, 5.41) is 46.9. The summed E-state index contributed by atoms with van der Waals surface area (Å²) in [6.45, 7) is 0. The van der Waals surface area contributed by atoms with Crippen molar-refractivity contribution in [3.63, 3.8) is 0 Å². The molecule has 4 unspecified atom stereocenters. The van der Waals surface area contributed by atoms with Crippen LogP contribution in [-0.4, -0.2) is 0 Å². The lowest BCUT2D eigenvalue weighted by atomic mass is 9.44. The van der Waals surface area contributed by atoms with E-state index < -0.39 is 0 Å². The summed E-state index contributed by atoms with van der Waals surface area (Å²) >= 11 is 0. The average molecular weight is 582 g/mol. The second kappa shape index (κ2) is 4.93. The molecule has 1 nitrogen and oxygen atoms in total. The molecule has 0 radical (unpaired) electrons. The summed E-state index contributed by atoms with van der Waals surface area (Å²) in [4.78, 5) is 0. The zero-order valence-electron chi connectivity index (χ0n) is 24.7. The number of nitriles is 1. The van der Waals surface area contributed by atoms with Gasteiger partial charge in [0.2, 0.25) is 0 Å². The van der Waals surface area contributed by atoms with Gasteiger partial charge in [-0.15, -0.1) is 0 Å². The summed E-state index contributed by atoms with van der Waals surface area (Å²) in [6, 6.07) is 22.6. The minimum absolute atomic E-state index is 0.163. The summed E-state index contributed by atoms with van der Waals surface area (Å²) < 4.78 is 0. The second-order valence-corrected chi connectivity index (χ2v) is 16.3. The first kappa shape index (κ1) is 19.7. The van der Waals surface area contributed by atoms with E-state index >= 15 is 0 Å². The van der Waals surface area contributed by atoms with E-state index in [2.05, 4.69) is 72.8 Å². The normalized spacial score (nSPS) is 28.0. The highest BCUT2D eigenvalue weighted by atomic mass is 14.8. The molecule has 1 fully saturated rings. The number of allylic oxidation sites excluding steroid dienone is 4. The molecule has 47 heavy (non-hydrogen) atoms. The van der Waals surface area contributed by atoms with Gasteiger partial charge in [-0.3, -0.25) is 0 Å². The maximum absolute atomic E-state index is 10.8. The van der Waals surface area contributed by atoms with Gasteiger partial charge in [0.1, 0.15) is 0 Å². The van der Waals surface area contributed by atoms with Crippen molar-refractivity contribution in [2.24, 2.45) is 11.8 Å². The Morgan fingerprint density at radius 3 is 1.38 bits per heavy atom. The number of hydrogen-bond acceptors (Lipinski definition) is 1. The van der Waals surface area contributed by atoms with Gasteiger partial charge in [0.25, 0.3) is 0 Å². The molecule has 18 rings (SSSR count). The van der Waals surface area contributed by atoms with Gasteiger partial charge in [-0.25, -0.2) is 0 Å². The maximum Gasteiger partial charge on any atom is 0.0947 e. The Bertz CT molecular complexity index is 3940. The highest BCUT2D eigenvalue weighted by Gasteiger charge is 2.76. The summed E-state index contributed by atoms with van der Waals surface area (Å²) in [6.07, 6.45) is 8.59. The van der Waals surface area contributed by atoms with E-state index in [9.17, 15) is 5.26 Å². The fourth-order valence-electron chi connectivity index (χ4n) is 15.4. The first-order valence-electron chi connectivity index (χ1n) is 17.3. The molecule has 1 saturated carbocycles. The van der Waals surface area contributed by atoms with Crippen molar-refractivity contribution in [1.82, 2.24) is 0 Å². The zero-order valence-corrected chi connectivity index (χ0v) is 24.7. The van der Waals surface area contributed by atoms with Gasteiger partial charge < -0.3 is 0 Å². The Balaban J connectivity index is 1.40. The molecule has 6 aliphatic rings. The van der Waals surface area contributed by atoms with E-state index in [4.69, 9.17) is 0 Å². The van der Waals surface area contributed by atoms with E-state index in [1.165, 1.54) is 102 Å². The van der Waals surface area contributed by atoms with E-state index in [0.29, 0.717) is 5.92 Å².